The molecule has 3 aromatic rings. The molecule has 0 heterocycles. The fraction of sp³-hybridized carbons (Fsp3) is 0.150. The van der Waals surface area contributed by atoms with Crippen LogP contribution in [-0.4, -0.2) is 0 Å². The van der Waals surface area contributed by atoms with Crippen molar-refractivity contribution >= 4 is 0 Å². The molecule has 0 aliphatic heterocycles. The molecule has 0 aliphatic carbocycles. The van der Waals surface area contributed by atoms with Gasteiger partial charge < -0.3 is 37.2 Å². The summed E-state index contributed by atoms with van der Waals surface area (Å²) in [5.74, 6) is 0. The second kappa shape index (κ2) is 11.1. The summed E-state index contributed by atoms with van der Waals surface area (Å²) in [6.45, 7) is 4.46. The van der Waals surface area contributed by atoms with E-state index in [-0.39, 0.29) is 64.4 Å². The number of hydrogen-bond donors (Lipinski definition) is 0. The first kappa shape index (κ1) is 25.6. The fourth-order valence-corrected chi connectivity index (χ4v) is 2.92. The quantitative estimate of drug-likeness (QED) is 0.304. The molecule has 0 aliphatic rings. The van der Waals surface area contributed by atoms with Gasteiger partial charge in [-0.25, -0.2) is 11.6 Å². The number of rotatable bonds is 3. The van der Waals surface area contributed by atoms with Crippen molar-refractivity contribution in [2.24, 2.45) is 0 Å². The van der Waals surface area contributed by atoms with E-state index in [0.717, 1.165) is 0 Å². The Hall–Kier alpha value is -0.626. The van der Waals surface area contributed by atoms with Gasteiger partial charge in [-0.3, -0.25) is 0 Å². The number of benzene rings is 2. The zero-order chi connectivity index (χ0) is 14.0. The zero-order valence-electron chi connectivity index (χ0n) is 13.6. The van der Waals surface area contributed by atoms with Crippen molar-refractivity contribution in [3.8, 4) is 0 Å². The molecule has 0 unspecified atom stereocenters. The number of aryl methyl sites for hydroxylation is 1. The van der Waals surface area contributed by atoms with Crippen LogP contribution in [0.3, 0.4) is 0 Å². The molecule has 3 aromatic carbocycles. The molecule has 0 saturated carbocycles. The molecule has 3 rings (SSSR count). The predicted octanol–water partition coefficient (Wildman–Crippen LogP) is -3.92. The Kier molecular flexibility index (Phi) is 11.8. The first-order valence-electron chi connectivity index (χ1n) is 7.06. The molecule has 0 atom stereocenters. The Bertz CT molecular complexity index is 654. The summed E-state index contributed by atoms with van der Waals surface area (Å²) in [4.78, 5) is 0. The molecule has 0 bridgehead atoms. The van der Waals surface area contributed by atoms with Gasteiger partial charge in [0.05, 0.1) is 0 Å². The molecule has 0 radical (unpaired) electrons. The summed E-state index contributed by atoms with van der Waals surface area (Å²) in [5, 5.41) is 0. The van der Waals surface area contributed by atoms with E-state index in [1.807, 2.05) is 0 Å². The van der Waals surface area contributed by atoms with Crippen LogP contribution in [0.2, 0.25) is 0 Å². The molecule has 24 heavy (non-hydrogen) atoms. The summed E-state index contributed by atoms with van der Waals surface area (Å²) in [6, 6.07) is 28.2. The van der Waals surface area contributed by atoms with Crippen LogP contribution in [0.25, 0.3) is 0 Å². The molecule has 0 amide bonds. The van der Waals surface area contributed by atoms with Gasteiger partial charge in [0, 0.05) is 0 Å². The van der Waals surface area contributed by atoms with Crippen molar-refractivity contribution < 1.29 is 58.9 Å². The summed E-state index contributed by atoms with van der Waals surface area (Å²) in [6.07, 6.45) is 0. The van der Waals surface area contributed by atoms with Gasteiger partial charge in [0.1, 0.15) is 0 Å². The van der Waals surface area contributed by atoms with Crippen LogP contribution in [0.15, 0.2) is 78.9 Å². The summed E-state index contributed by atoms with van der Waals surface area (Å²) < 4.78 is 0. The molecule has 124 valence electrons. The minimum atomic E-state index is -0.100. The van der Waals surface area contributed by atoms with E-state index in [4.69, 9.17) is 0 Å². The summed E-state index contributed by atoms with van der Waals surface area (Å²) in [7, 11) is 0. The maximum Gasteiger partial charge on any atom is 4.00 e. The van der Waals surface area contributed by atoms with Crippen LogP contribution >= 0.6 is 0 Å². The predicted molar refractivity (Wildman–Crippen MR) is 85.2 cm³/mol. The number of hydrogen-bond acceptors (Lipinski definition) is 0. The minimum absolute atomic E-state index is 0. The molecular formula is C20H19Cl3Ti. The maximum absolute atomic E-state index is 2.31. The third kappa shape index (κ3) is 4.94. The largest absolute Gasteiger partial charge is 4.00 e. The van der Waals surface area contributed by atoms with E-state index in [1.165, 1.54) is 22.3 Å². The second-order valence-corrected chi connectivity index (χ2v) is 5.53. The summed E-state index contributed by atoms with van der Waals surface area (Å²) >= 11 is 0. The second-order valence-electron chi connectivity index (χ2n) is 5.53. The first-order chi connectivity index (χ1) is 9.71. The minimum Gasteiger partial charge on any atom is -1.00 e. The van der Waals surface area contributed by atoms with Crippen molar-refractivity contribution in [3.05, 3.63) is 101 Å². The number of halogens is 3. The molecular weight excluding hydrogens is 394 g/mol. The van der Waals surface area contributed by atoms with Crippen molar-refractivity contribution in [3.63, 3.8) is 0 Å². The standard InChI is InChI=1S/C20H19.3ClH.Ti/c1-16-13-14-19(15-16)20(2,17-9-5-3-6-10-17)18-11-7-4-8-12-18;;;;/h3-15H,1-2H3;3*1H;/q-1;;;;+4/p-3. The van der Waals surface area contributed by atoms with Crippen molar-refractivity contribution in [1.29, 1.82) is 0 Å². The maximum atomic E-state index is 2.31. The van der Waals surface area contributed by atoms with E-state index in [2.05, 4.69) is 92.7 Å². The molecule has 0 aromatic heterocycles. The third-order valence-electron chi connectivity index (χ3n) is 4.19. The topological polar surface area (TPSA) is 0 Å². The average molecular weight is 414 g/mol. The molecule has 0 saturated heterocycles. The van der Waals surface area contributed by atoms with Gasteiger partial charge >= 0.3 is 21.7 Å². The van der Waals surface area contributed by atoms with Gasteiger partial charge in [-0.1, -0.05) is 74.5 Å². The van der Waals surface area contributed by atoms with E-state index < -0.39 is 0 Å². The Morgan fingerprint density at radius 2 is 1.12 bits per heavy atom. The average Bonchev–Trinajstić information content (AvgIpc) is 2.95. The zero-order valence-corrected chi connectivity index (χ0v) is 17.5. The fourth-order valence-electron chi connectivity index (χ4n) is 2.92. The Morgan fingerprint density at radius 3 is 1.46 bits per heavy atom. The van der Waals surface area contributed by atoms with Crippen molar-refractivity contribution in [2.45, 2.75) is 19.3 Å². The van der Waals surface area contributed by atoms with Crippen molar-refractivity contribution in [2.75, 3.05) is 0 Å². The van der Waals surface area contributed by atoms with Gasteiger partial charge in [-0.15, -0.1) is 5.56 Å². The van der Waals surface area contributed by atoms with Gasteiger partial charge in [0.2, 0.25) is 0 Å². The van der Waals surface area contributed by atoms with E-state index in [1.54, 1.807) is 0 Å². The van der Waals surface area contributed by atoms with Crippen molar-refractivity contribution in [1.82, 2.24) is 0 Å². The SMILES string of the molecule is Cc1cc[c-](C(C)(c2ccccc2)c2ccccc2)c1.[Cl-].[Cl-].[Cl-].[Ti+4]. The van der Waals surface area contributed by atoms with Gasteiger partial charge in [-0.2, -0.15) is 12.1 Å². The van der Waals surface area contributed by atoms with E-state index in [0.29, 0.717) is 0 Å². The monoisotopic (exact) mass is 412 g/mol. The van der Waals surface area contributed by atoms with E-state index >= 15 is 0 Å². The normalized spacial score (nSPS) is 9.58. The molecule has 0 N–H and O–H groups in total. The van der Waals surface area contributed by atoms with Gasteiger partial charge in [-0.05, 0) is 16.5 Å². The smallest absolute Gasteiger partial charge is 1.00 e. The van der Waals surface area contributed by atoms with Gasteiger partial charge in [0.15, 0.2) is 0 Å². The Morgan fingerprint density at radius 1 is 0.708 bits per heavy atom. The molecule has 0 nitrogen and oxygen atoms in total. The van der Waals surface area contributed by atoms with Crippen LogP contribution in [0.1, 0.15) is 29.2 Å². The van der Waals surface area contributed by atoms with Gasteiger partial charge in [0.25, 0.3) is 0 Å². The summed E-state index contributed by atoms with van der Waals surface area (Å²) in [5.41, 5.74) is 5.23. The molecule has 0 fully saturated rings. The van der Waals surface area contributed by atoms with E-state index in [9.17, 15) is 0 Å². The van der Waals surface area contributed by atoms with Crippen LogP contribution in [0.4, 0.5) is 0 Å². The Labute approximate surface area is 178 Å². The van der Waals surface area contributed by atoms with Crippen LogP contribution in [0.5, 0.6) is 0 Å². The third-order valence-corrected chi connectivity index (χ3v) is 4.19. The van der Waals surface area contributed by atoms with Crippen LogP contribution < -0.4 is 37.2 Å². The van der Waals surface area contributed by atoms with Crippen LogP contribution in [-0.2, 0) is 27.1 Å². The first-order valence-corrected chi connectivity index (χ1v) is 7.06. The molecule has 0 spiro atoms. The molecule has 4 heteroatoms. The Balaban J connectivity index is 0. The van der Waals surface area contributed by atoms with Crippen LogP contribution in [0, 0.1) is 6.92 Å².